The van der Waals surface area contributed by atoms with E-state index in [0.717, 1.165) is 111 Å². The molecule has 0 saturated carbocycles. The molecule has 0 unspecified atom stereocenters. The molecule has 67 heavy (non-hydrogen) atoms. The largest absolute Gasteiger partial charge is 0.450 e. The fourth-order valence-corrected chi connectivity index (χ4v) is 9.10. The topological polar surface area (TPSA) is 175 Å². The molecule has 0 saturated heterocycles. The smallest absolute Gasteiger partial charge is 0.306 e. The minimum Gasteiger partial charge on any atom is -0.450 e. The van der Waals surface area contributed by atoms with Gasteiger partial charge in [0.25, 0.3) is 11.8 Å². The number of rotatable bonds is 27. The Kier molecular flexibility index (Phi) is 17.4. The third-order valence-electron chi connectivity index (χ3n) is 11.7. The van der Waals surface area contributed by atoms with Gasteiger partial charge in [0.05, 0.1) is 29.0 Å². The second-order valence-corrected chi connectivity index (χ2v) is 17.6. The van der Waals surface area contributed by atoms with Crippen LogP contribution in [0.15, 0.2) is 97.4 Å². The summed E-state index contributed by atoms with van der Waals surface area (Å²) in [4.78, 5) is 48.2. The van der Waals surface area contributed by atoms with Crippen molar-refractivity contribution in [1.82, 2.24) is 50.4 Å². The molecule has 4 aromatic heterocycles. The van der Waals surface area contributed by atoms with E-state index < -0.39 is 29.0 Å². The first-order chi connectivity index (χ1) is 32.7. The Labute approximate surface area is 390 Å². The molecule has 0 aliphatic rings. The monoisotopic (exact) mass is 936 g/mol. The normalized spacial score (nSPS) is 11.6. The number of unbranched alkanes of at least 4 members (excludes halogenated alkanes) is 12. The summed E-state index contributed by atoms with van der Waals surface area (Å²) >= 11 is 1.40. The number of fused-ring (bicyclic) bond motifs is 1. The molecule has 0 spiro atoms. The third-order valence-corrected chi connectivity index (χ3v) is 12.6. The second-order valence-electron chi connectivity index (χ2n) is 16.6. The van der Waals surface area contributed by atoms with Gasteiger partial charge >= 0.3 is 5.97 Å². The van der Waals surface area contributed by atoms with Crippen LogP contribution in [0.2, 0.25) is 0 Å². The maximum absolute atomic E-state index is 15.3. The number of carbonyl (C=O) groups is 3. The molecule has 0 bridgehead atoms. The molecule has 0 atom stereocenters. The molecule has 4 heterocycles. The van der Waals surface area contributed by atoms with Gasteiger partial charge < -0.3 is 15.4 Å². The van der Waals surface area contributed by atoms with Crippen molar-refractivity contribution in [1.29, 1.82) is 0 Å². The van der Waals surface area contributed by atoms with Crippen LogP contribution in [-0.4, -0.2) is 64.1 Å². The zero-order valence-electron chi connectivity index (χ0n) is 37.3. The van der Waals surface area contributed by atoms with Gasteiger partial charge in [-0.15, -0.1) is 11.3 Å². The van der Waals surface area contributed by atoms with Gasteiger partial charge in [-0.3, -0.25) is 19.5 Å². The molecule has 0 aliphatic heterocycles. The van der Waals surface area contributed by atoms with Crippen molar-refractivity contribution in [2.45, 2.75) is 115 Å². The van der Waals surface area contributed by atoms with E-state index in [9.17, 15) is 23.2 Å². The average Bonchev–Trinajstić information content (AvgIpc) is 4.17. The van der Waals surface area contributed by atoms with Gasteiger partial charge in [0, 0.05) is 53.0 Å². The predicted octanol–water partition coefficient (Wildman–Crippen LogP) is 9.85. The highest BCUT2D eigenvalue weighted by Crippen LogP contribution is 2.34. The van der Waals surface area contributed by atoms with E-state index in [2.05, 4.69) is 41.0 Å². The first-order valence-corrected chi connectivity index (χ1v) is 23.7. The Balaban J connectivity index is 0.729. The van der Waals surface area contributed by atoms with E-state index in [1.165, 1.54) is 64.2 Å². The summed E-state index contributed by atoms with van der Waals surface area (Å²) in [6, 6.07) is 17.1. The van der Waals surface area contributed by atoms with Gasteiger partial charge in [-0.1, -0.05) is 94.9 Å². The summed E-state index contributed by atoms with van der Waals surface area (Å²) in [6.45, 7) is 0.208. The Bertz CT molecular complexity index is 2630. The van der Waals surface area contributed by atoms with E-state index in [4.69, 9.17) is 4.74 Å². The Morgan fingerprint density at radius 3 is 2.01 bits per heavy atom. The molecular weight excluding hydrogens is 882 g/mol. The highest BCUT2D eigenvalue weighted by Gasteiger charge is 2.41. The number of ether oxygens (including phenoxy) is 1. The number of aromatic amines is 1. The van der Waals surface area contributed by atoms with E-state index in [1.807, 2.05) is 24.3 Å². The maximum atomic E-state index is 15.3. The third kappa shape index (κ3) is 13.5. The first kappa shape index (κ1) is 48.2. The molecule has 7 rings (SSSR count). The standard InChI is InChI=1S/C49H55F3N10O4S/c50-36-22-23-40(42(52)26-36)49(29-61-33-53-31-57-61,30-62-34-54-32-58-62)66-45(63)21-12-10-8-6-4-2-1-3-5-7-9-11-15-24-55-48(65)37-18-16-19-41(51)39(37)27-56-47(64)35-25-44(67-28-35)46-38-17-13-14-20-43(38)59-60-46/h13-14,16-20,22-23,25-26,28,31-34H,1-12,15,21,24,27,29-30H2,(H,55,65)(H,56,64)(H,59,60). The molecule has 0 radical (unpaired) electrons. The van der Waals surface area contributed by atoms with Gasteiger partial charge in [0.2, 0.25) is 0 Å². The summed E-state index contributed by atoms with van der Waals surface area (Å²) < 4.78 is 53.1. The summed E-state index contributed by atoms with van der Waals surface area (Å²) in [5, 5.41) is 24.1. The average molecular weight is 937 g/mol. The lowest BCUT2D eigenvalue weighted by Gasteiger charge is -2.34. The van der Waals surface area contributed by atoms with Crippen LogP contribution in [0.5, 0.6) is 0 Å². The van der Waals surface area contributed by atoms with Crippen LogP contribution in [0.4, 0.5) is 13.2 Å². The van der Waals surface area contributed by atoms with Crippen LogP contribution in [0.1, 0.15) is 122 Å². The summed E-state index contributed by atoms with van der Waals surface area (Å²) in [6.07, 6.45) is 18.9. The number of nitrogens with one attached hydrogen (secondary N) is 3. The number of halogens is 3. The fraction of sp³-hybridized carbons (Fsp3) is 0.388. The van der Waals surface area contributed by atoms with E-state index in [0.29, 0.717) is 18.5 Å². The number of aromatic nitrogens is 8. The Hall–Kier alpha value is -6.69. The van der Waals surface area contributed by atoms with Crippen LogP contribution >= 0.6 is 11.3 Å². The molecule has 0 fully saturated rings. The zero-order valence-corrected chi connectivity index (χ0v) is 38.1. The molecule has 0 aliphatic carbocycles. The van der Waals surface area contributed by atoms with Gasteiger partial charge in [-0.05, 0) is 49.2 Å². The Morgan fingerprint density at radius 2 is 1.36 bits per heavy atom. The van der Waals surface area contributed by atoms with E-state index in [1.54, 1.807) is 17.5 Å². The minimum absolute atomic E-state index is 0.000676. The van der Waals surface area contributed by atoms with Gasteiger partial charge in [0.1, 0.15) is 48.5 Å². The SMILES string of the molecule is O=C(CCCCCCCCCCCCCCCNC(=O)c1cccc(F)c1CNC(=O)c1csc(-c2n[nH]c3ccccc23)c1)OC(Cn1cncn1)(Cn1cncn1)c1ccc(F)cc1F. The molecular formula is C49H55F3N10O4S. The molecule has 3 aromatic carbocycles. The number of benzene rings is 3. The number of hydrogen-bond acceptors (Lipinski definition) is 10. The van der Waals surface area contributed by atoms with Crippen molar-refractivity contribution in [2.24, 2.45) is 0 Å². The van der Waals surface area contributed by atoms with Crippen LogP contribution in [0.25, 0.3) is 21.5 Å². The lowest BCUT2D eigenvalue weighted by Crippen LogP contribution is -2.42. The number of carbonyl (C=O) groups excluding carboxylic acids is 3. The van der Waals surface area contributed by atoms with Crippen molar-refractivity contribution in [3.05, 3.63) is 137 Å². The van der Waals surface area contributed by atoms with Crippen LogP contribution in [-0.2, 0) is 34.8 Å². The number of hydrogen-bond donors (Lipinski definition) is 3. The van der Waals surface area contributed by atoms with E-state index >= 15 is 4.39 Å². The van der Waals surface area contributed by atoms with E-state index in [-0.39, 0.29) is 54.6 Å². The molecule has 18 heteroatoms. The highest BCUT2D eigenvalue weighted by atomic mass is 32.1. The number of thiophene rings is 1. The number of para-hydroxylation sites is 1. The Morgan fingerprint density at radius 1 is 0.701 bits per heavy atom. The highest BCUT2D eigenvalue weighted by molar-refractivity contribution is 7.14. The summed E-state index contributed by atoms with van der Waals surface area (Å²) in [7, 11) is 0. The van der Waals surface area contributed by atoms with Crippen LogP contribution < -0.4 is 10.6 Å². The predicted molar refractivity (Wildman–Crippen MR) is 248 cm³/mol. The van der Waals surface area contributed by atoms with Crippen molar-refractivity contribution < 1.29 is 32.3 Å². The quantitative estimate of drug-likeness (QED) is 0.0335. The minimum atomic E-state index is -1.59. The fourth-order valence-electron chi connectivity index (χ4n) is 8.21. The number of H-pyrrole nitrogens is 1. The molecule has 7 aromatic rings. The zero-order chi connectivity index (χ0) is 46.9. The number of esters is 1. The van der Waals surface area contributed by atoms with Crippen molar-refractivity contribution in [3.63, 3.8) is 0 Å². The second kappa shape index (κ2) is 24.2. The van der Waals surface area contributed by atoms with Crippen molar-refractivity contribution >= 4 is 40.0 Å². The molecule has 14 nitrogen and oxygen atoms in total. The number of amides is 2. The van der Waals surface area contributed by atoms with Gasteiger partial charge in [0.15, 0.2) is 5.60 Å². The lowest BCUT2D eigenvalue weighted by molar-refractivity contribution is -0.166. The summed E-state index contributed by atoms with van der Waals surface area (Å²) in [5.41, 5.74) is 0.853. The summed E-state index contributed by atoms with van der Waals surface area (Å²) in [5.74, 6) is -3.39. The van der Waals surface area contributed by atoms with Crippen LogP contribution in [0, 0.1) is 17.5 Å². The molecule has 3 N–H and O–H groups in total. The first-order valence-electron chi connectivity index (χ1n) is 22.9. The van der Waals surface area contributed by atoms with Gasteiger partial charge in [-0.25, -0.2) is 32.5 Å². The number of nitrogens with zero attached hydrogens (tertiary/aromatic N) is 7. The maximum Gasteiger partial charge on any atom is 0.306 e. The lowest BCUT2D eigenvalue weighted by atomic mass is 9.92. The van der Waals surface area contributed by atoms with Crippen LogP contribution in [0.3, 0.4) is 0 Å². The van der Waals surface area contributed by atoms with Crippen molar-refractivity contribution in [3.8, 4) is 10.6 Å². The van der Waals surface area contributed by atoms with Gasteiger partial charge in [-0.2, -0.15) is 15.3 Å². The molecule has 2 amide bonds. The van der Waals surface area contributed by atoms with Crippen molar-refractivity contribution in [2.75, 3.05) is 6.54 Å². The molecule has 352 valence electrons.